The number of aromatic nitrogens is 1. The molecule has 6 N–H and O–H groups in total. The molecule has 0 radical (unpaired) electrons. The smallest absolute Gasteiger partial charge is 0.289 e. The van der Waals surface area contributed by atoms with Crippen LogP contribution >= 0.6 is 0 Å². The summed E-state index contributed by atoms with van der Waals surface area (Å²) in [6, 6.07) is 8.79. The summed E-state index contributed by atoms with van der Waals surface area (Å²) >= 11 is 0. The Bertz CT molecular complexity index is 1220. The molecule has 4 heterocycles. The summed E-state index contributed by atoms with van der Waals surface area (Å²) < 4.78 is 19.7. The Labute approximate surface area is 219 Å². The average molecular weight is 527 g/mol. The highest BCUT2D eigenvalue weighted by Gasteiger charge is 2.28. The van der Waals surface area contributed by atoms with Gasteiger partial charge in [0.05, 0.1) is 37.3 Å². The maximum absolute atomic E-state index is 14.4. The number of aromatic hydroxyl groups is 1. The van der Waals surface area contributed by atoms with Gasteiger partial charge in [-0.2, -0.15) is 10.1 Å². The molecule has 0 aliphatic carbocycles. The van der Waals surface area contributed by atoms with E-state index >= 15 is 0 Å². The molecule has 14 heteroatoms. The molecule has 2 aromatic rings. The van der Waals surface area contributed by atoms with Gasteiger partial charge in [-0.25, -0.2) is 31.1 Å². The molecule has 3 aliphatic rings. The van der Waals surface area contributed by atoms with Crippen molar-refractivity contribution in [3.63, 3.8) is 0 Å². The summed E-state index contributed by atoms with van der Waals surface area (Å²) in [6.45, 7) is 4.81. The Balaban J connectivity index is 1.21. The summed E-state index contributed by atoms with van der Waals surface area (Å²) in [7, 11) is 0. The number of pyridine rings is 1. The molecule has 3 aliphatic heterocycles. The lowest BCUT2D eigenvalue weighted by atomic mass is 10.2. The van der Waals surface area contributed by atoms with Gasteiger partial charge < -0.3 is 25.1 Å². The van der Waals surface area contributed by atoms with Crippen LogP contribution in [0, 0.1) is 0 Å². The molecule has 0 spiro atoms. The monoisotopic (exact) mass is 526 g/mol. The van der Waals surface area contributed by atoms with E-state index in [0.29, 0.717) is 43.7 Å². The van der Waals surface area contributed by atoms with Crippen LogP contribution in [0.15, 0.2) is 46.5 Å². The van der Waals surface area contributed by atoms with Gasteiger partial charge >= 0.3 is 0 Å². The molecule has 1 aromatic carbocycles. The number of rotatable bonds is 4. The fourth-order valence-corrected chi connectivity index (χ4v) is 4.37. The highest BCUT2D eigenvalue weighted by atomic mass is 19.1. The quantitative estimate of drug-likeness (QED) is 0.286. The van der Waals surface area contributed by atoms with Gasteiger partial charge in [0.25, 0.3) is 11.9 Å². The van der Waals surface area contributed by atoms with Crippen molar-refractivity contribution in [3.8, 4) is 5.75 Å². The molecule has 2 atom stereocenters. The summed E-state index contributed by atoms with van der Waals surface area (Å²) in [6.07, 6.45) is 1.16. The van der Waals surface area contributed by atoms with Crippen molar-refractivity contribution in [2.45, 2.75) is 25.6 Å². The lowest BCUT2D eigenvalue weighted by molar-refractivity contribution is 0.0650. The molecule has 38 heavy (non-hydrogen) atoms. The van der Waals surface area contributed by atoms with Crippen LogP contribution in [0.4, 0.5) is 21.5 Å². The summed E-state index contributed by atoms with van der Waals surface area (Å²) in [5.41, 5.74) is 8.05. The number of nitrogens with two attached hydrogens (primary N) is 1. The third-order valence-electron chi connectivity index (χ3n) is 6.32. The van der Waals surface area contributed by atoms with Gasteiger partial charge in [0, 0.05) is 43.5 Å². The molecule has 2 unspecified atom stereocenters. The number of benzene rings is 1. The van der Waals surface area contributed by atoms with Gasteiger partial charge in [-0.3, -0.25) is 4.79 Å². The number of phenolic OH excluding ortho intramolecular Hbond substituents is 1. The zero-order valence-electron chi connectivity index (χ0n) is 21.0. The molecular weight excluding hydrogens is 495 g/mol. The number of morpholine rings is 1. The number of amidine groups is 1. The van der Waals surface area contributed by atoms with E-state index in [4.69, 9.17) is 10.6 Å². The molecule has 0 bridgehead atoms. The highest BCUT2D eigenvalue weighted by Crippen LogP contribution is 2.29. The predicted octanol–water partition coefficient (Wildman–Crippen LogP) is 0.893. The van der Waals surface area contributed by atoms with Gasteiger partial charge in [0.1, 0.15) is 17.3 Å². The Morgan fingerprint density at radius 1 is 1.24 bits per heavy atom. The normalized spacial score (nSPS) is 21.6. The minimum Gasteiger partial charge on any atom is -0.508 e. The summed E-state index contributed by atoms with van der Waals surface area (Å²) in [5, 5.41) is 16.2. The first-order valence-corrected chi connectivity index (χ1v) is 12.4. The fraction of sp³-hybridized carbons (Fsp3) is 0.417. The number of guanidine groups is 1. The van der Waals surface area contributed by atoms with Gasteiger partial charge in [-0.05, 0) is 31.5 Å². The molecule has 1 aromatic heterocycles. The molecule has 1 amide bonds. The molecule has 5 rings (SSSR count). The van der Waals surface area contributed by atoms with Crippen LogP contribution < -0.4 is 27.0 Å². The van der Waals surface area contributed by atoms with E-state index in [0.717, 1.165) is 23.8 Å². The summed E-state index contributed by atoms with van der Waals surface area (Å²) in [4.78, 5) is 27.0. The topological polar surface area (TPSA) is 156 Å². The number of hydrogen-bond acceptors (Lipinski definition) is 12. The van der Waals surface area contributed by atoms with Crippen molar-refractivity contribution >= 4 is 34.8 Å². The number of hydrogen-bond donors (Lipinski definition) is 5. The number of amides is 1. The van der Waals surface area contributed by atoms with E-state index in [2.05, 4.69) is 38.1 Å². The zero-order valence-corrected chi connectivity index (χ0v) is 21.0. The Morgan fingerprint density at radius 3 is 2.76 bits per heavy atom. The molecule has 0 saturated carbocycles. The van der Waals surface area contributed by atoms with Crippen molar-refractivity contribution < 1.29 is 19.0 Å². The zero-order chi connectivity index (χ0) is 26.6. The maximum atomic E-state index is 14.4. The van der Waals surface area contributed by atoms with Crippen molar-refractivity contribution in [1.82, 2.24) is 25.9 Å². The van der Waals surface area contributed by atoms with Crippen molar-refractivity contribution in [2.24, 2.45) is 15.8 Å². The second-order valence-corrected chi connectivity index (χ2v) is 9.25. The molecule has 202 valence electrons. The van der Waals surface area contributed by atoms with Crippen LogP contribution in [0.25, 0.3) is 0 Å². The van der Waals surface area contributed by atoms with Gasteiger partial charge in [-0.1, -0.05) is 0 Å². The average Bonchev–Trinajstić information content (AvgIpc) is 3.36. The first-order valence-electron chi connectivity index (χ1n) is 12.4. The number of ether oxygens (including phenoxy) is 1. The van der Waals surface area contributed by atoms with Gasteiger partial charge in [0.2, 0.25) is 0 Å². The SMILES string of the molecule is CC1CCN(c2cc(O)cc(Nc3ccc(C(=O)NN(N)C4=NCC(F)C(N5CCOCC5)=N4)nc3)c2)N1. The number of nitrogens with one attached hydrogen (secondary N) is 3. The number of halogens is 1. The van der Waals surface area contributed by atoms with E-state index in [-0.39, 0.29) is 29.8 Å². The van der Waals surface area contributed by atoms with Crippen LogP contribution in [-0.2, 0) is 4.74 Å². The lowest BCUT2D eigenvalue weighted by Crippen LogP contribution is -2.54. The first-order chi connectivity index (χ1) is 18.4. The maximum Gasteiger partial charge on any atom is 0.289 e. The number of hydrazine groups is 3. The van der Waals surface area contributed by atoms with E-state index in [1.54, 1.807) is 23.1 Å². The number of phenols is 1. The predicted molar refractivity (Wildman–Crippen MR) is 141 cm³/mol. The van der Waals surface area contributed by atoms with Crippen LogP contribution in [0.3, 0.4) is 0 Å². The third-order valence-corrected chi connectivity index (χ3v) is 6.32. The first kappa shape index (κ1) is 25.6. The minimum absolute atomic E-state index is 0.00592. The lowest BCUT2D eigenvalue weighted by Gasteiger charge is -2.33. The van der Waals surface area contributed by atoms with E-state index in [1.165, 1.54) is 12.3 Å². The number of anilines is 3. The van der Waals surface area contributed by atoms with Crippen molar-refractivity contribution in [2.75, 3.05) is 49.7 Å². The Kier molecular flexibility index (Phi) is 7.53. The van der Waals surface area contributed by atoms with Crippen LogP contribution in [0.5, 0.6) is 5.75 Å². The number of nitrogens with zero attached hydrogens (tertiary/aromatic N) is 6. The fourth-order valence-electron chi connectivity index (χ4n) is 4.37. The van der Waals surface area contributed by atoms with Crippen molar-refractivity contribution in [3.05, 3.63) is 42.2 Å². The largest absolute Gasteiger partial charge is 0.508 e. The molecule has 2 fully saturated rings. The second-order valence-electron chi connectivity index (χ2n) is 9.25. The molecular formula is C24H31FN10O3. The molecule has 2 saturated heterocycles. The van der Waals surface area contributed by atoms with Crippen LogP contribution in [0.1, 0.15) is 23.8 Å². The Morgan fingerprint density at radius 2 is 2.05 bits per heavy atom. The van der Waals surface area contributed by atoms with Gasteiger partial charge in [-0.15, -0.1) is 0 Å². The van der Waals surface area contributed by atoms with Crippen LogP contribution in [0.2, 0.25) is 0 Å². The number of carbonyl (C=O) groups is 1. The van der Waals surface area contributed by atoms with E-state index in [9.17, 15) is 14.3 Å². The number of carbonyl (C=O) groups excluding carboxylic acids is 1. The minimum atomic E-state index is -1.35. The highest BCUT2D eigenvalue weighted by molar-refractivity contribution is 6.01. The van der Waals surface area contributed by atoms with Crippen molar-refractivity contribution in [1.29, 1.82) is 0 Å². The second kappa shape index (κ2) is 11.2. The van der Waals surface area contributed by atoms with Gasteiger partial charge in [0.15, 0.2) is 6.17 Å². The van der Waals surface area contributed by atoms with E-state index < -0.39 is 12.1 Å². The van der Waals surface area contributed by atoms with Crippen LogP contribution in [-0.4, -0.2) is 89.4 Å². The number of alkyl halides is 1. The standard InChI is InChI=1S/C24H31FN10O3/c1-15-4-5-34(31-15)18-10-17(11-19(36)12-18)29-16-2-3-21(27-13-16)23(37)32-35(26)24-28-14-20(25)22(30-24)33-6-8-38-9-7-33/h2-3,10-13,15,20,29,31,36H,4-9,14,26H2,1H3,(H,32,37). The number of aliphatic imine (C=N–C) groups is 2. The Hall–Kier alpha value is -4.01. The molecule has 13 nitrogen and oxygen atoms in total. The third kappa shape index (κ3) is 5.93. The van der Waals surface area contributed by atoms with E-state index in [1.807, 2.05) is 11.1 Å². The summed E-state index contributed by atoms with van der Waals surface area (Å²) in [5.74, 6) is 5.73.